The van der Waals surface area contributed by atoms with Crippen molar-refractivity contribution in [2.24, 2.45) is 0 Å². The van der Waals surface area contributed by atoms with Crippen molar-refractivity contribution in [2.45, 2.75) is 18.7 Å². The van der Waals surface area contributed by atoms with Crippen LogP contribution in [0.25, 0.3) is 0 Å². The summed E-state index contributed by atoms with van der Waals surface area (Å²) in [4.78, 5) is 14.5. The Balaban J connectivity index is 1.71. The van der Waals surface area contributed by atoms with Crippen LogP contribution in [0, 0.1) is 13.8 Å². The Morgan fingerprint density at radius 2 is 1.52 bits per heavy atom. The second-order valence-corrected chi connectivity index (χ2v) is 8.25. The largest absolute Gasteiger partial charge is 0.336 e. The molecule has 1 aliphatic rings. The summed E-state index contributed by atoms with van der Waals surface area (Å²) < 4.78 is 27.1. The molecule has 1 aliphatic heterocycles. The van der Waals surface area contributed by atoms with Crippen LogP contribution in [0.4, 0.5) is 0 Å². The molecule has 1 heterocycles. The molecule has 0 spiro atoms. The smallest absolute Gasteiger partial charge is 0.253 e. The normalized spacial score (nSPS) is 16.0. The van der Waals surface area contributed by atoms with Crippen LogP contribution in [0.2, 0.25) is 0 Å². The number of piperazine rings is 1. The quantitative estimate of drug-likeness (QED) is 0.847. The molecule has 132 valence electrons. The lowest BCUT2D eigenvalue weighted by atomic mass is 10.1. The molecule has 2 aromatic rings. The Morgan fingerprint density at radius 3 is 2.12 bits per heavy atom. The first-order valence-electron chi connectivity index (χ1n) is 8.31. The minimum absolute atomic E-state index is 0.0520. The van der Waals surface area contributed by atoms with Crippen LogP contribution in [0.15, 0.2) is 53.4 Å². The van der Waals surface area contributed by atoms with E-state index in [4.69, 9.17) is 0 Å². The van der Waals surface area contributed by atoms with Gasteiger partial charge in [-0.3, -0.25) is 4.79 Å². The lowest BCUT2D eigenvalue weighted by Gasteiger charge is -2.34. The molecular weight excluding hydrogens is 336 g/mol. The predicted octanol–water partition coefficient (Wildman–Crippen LogP) is 2.45. The molecule has 0 atom stereocenters. The second kappa shape index (κ2) is 6.98. The monoisotopic (exact) mass is 358 g/mol. The average molecular weight is 358 g/mol. The zero-order valence-electron chi connectivity index (χ0n) is 14.5. The van der Waals surface area contributed by atoms with Gasteiger partial charge in [-0.1, -0.05) is 24.3 Å². The summed E-state index contributed by atoms with van der Waals surface area (Å²) in [5.74, 6) is -0.0520. The van der Waals surface area contributed by atoms with E-state index in [0.717, 1.165) is 11.1 Å². The number of hydrogen-bond donors (Lipinski definition) is 0. The highest BCUT2D eigenvalue weighted by Crippen LogP contribution is 2.21. The van der Waals surface area contributed by atoms with Crippen molar-refractivity contribution < 1.29 is 13.2 Å². The summed E-state index contributed by atoms with van der Waals surface area (Å²) in [5.41, 5.74) is 2.66. The van der Waals surface area contributed by atoms with Gasteiger partial charge in [0.25, 0.3) is 5.91 Å². The Bertz CT molecular complexity index is 871. The van der Waals surface area contributed by atoms with Gasteiger partial charge in [0.1, 0.15) is 0 Å². The van der Waals surface area contributed by atoms with Gasteiger partial charge in [-0.25, -0.2) is 8.42 Å². The van der Waals surface area contributed by atoms with E-state index in [-0.39, 0.29) is 5.91 Å². The molecule has 0 N–H and O–H groups in total. The van der Waals surface area contributed by atoms with Crippen LogP contribution in [-0.2, 0) is 10.0 Å². The van der Waals surface area contributed by atoms with Gasteiger partial charge < -0.3 is 4.90 Å². The molecule has 3 rings (SSSR count). The predicted molar refractivity (Wildman–Crippen MR) is 97.0 cm³/mol. The molecule has 1 fully saturated rings. The Morgan fingerprint density at radius 1 is 0.880 bits per heavy atom. The van der Waals surface area contributed by atoms with Gasteiger partial charge in [-0.2, -0.15) is 4.31 Å². The third-order valence-electron chi connectivity index (χ3n) is 4.66. The van der Waals surface area contributed by atoms with Gasteiger partial charge in [-0.05, 0) is 49.2 Å². The van der Waals surface area contributed by atoms with Crippen molar-refractivity contribution >= 4 is 15.9 Å². The number of carbonyl (C=O) groups is 1. The van der Waals surface area contributed by atoms with Gasteiger partial charge in [0.15, 0.2) is 0 Å². The van der Waals surface area contributed by atoms with Crippen LogP contribution in [0.5, 0.6) is 0 Å². The molecule has 1 amide bonds. The van der Waals surface area contributed by atoms with Gasteiger partial charge in [0.05, 0.1) is 4.90 Å². The number of sulfonamides is 1. The Hall–Kier alpha value is -2.18. The minimum atomic E-state index is -3.52. The summed E-state index contributed by atoms with van der Waals surface area (Å²) in [6.07, 6.45) is 0. The molecule has 0 saturated carbocycles. The summed E-state index contributed by atoms with van der Waals surface area (Å²) in [6.45, 7) is 5.29. The Kier molecular flexibility index (Phi) is 4.92. The lowest BCUT2D eigenvalue weighted by Crippen LogP contribution is -2.50. The minimum Gasteiger partial charge on any atom is -0.336 e. The van der Waals surface area contributed by atoms with Gasteiger partial charge >= 0.3 is 0 Å². The number of benzene rings is 2. The molecule has 0 aliphatic carbocycles. The van der Waals surface area contributed by atoms with Gasteiger partial charge in [0.2, 0.25) is 10.0 Å². The maximum atomic E-state index is 12.8. The molecule has 0 aromatic heterocycles. The lowest BCUT2D eigenvalue weighted by molar-refractivity contribution is 0.0698. The maximum absolute atomic E-state index is 12.8. The van der Waals surface area contributed by atoms with E-state index < -0.39 is 10.0 Å². The molecule has 0 radical (unpaired) electrons. The van der Waals surface area contributed by atoms with Crippen molar-refractivity contribution in [2.75, 3.05) is 26.2 Å². The zero-order valence-corrected chi connectivity index (χ0v) is 15.3. The maximum Gasteiger partial charge on any atom is 0.253 e. The van der Waals surface area contributed by atoms with E-state index >= 15 is 0 Å². The van der Waals surface area contributed by atoms with Gasteiger partial charge in [0, 0.05) is 31.7 Å². The summed E-state index contributed by atoms with van der Waals surface area (Å²) in [6, 6.07) is 14.3. The topological polar surface area (TPSA) is 57.7 Å². The molecule has 1 saturated heterocycles. The number of carbonyl (C=O) groups excluding carboxylic acids is 1. The summed E-state index contributed by atoms with van der Waals surface area (Å²) in [7, 11) is -3.52. The second-order valence-electron chi connectivity index (χ2n) is 6.31. The van der Waals surface area contributed by atoms with E-state index in [1.807, 2.05) is 38.1 Å². The molecule has 6 heteroatoms. The van der Waals surface area contributed by atoms with Crippen molar-refractivity contribution in [1.82, 2.24) is 9.21 Å². The highest BCUT2D eigenvalue weighted by atomic mass is 32.2. The van der Waals surface area contributed by atoms with Crippen molar-refractivity contribution in [3.63, 3.8) is 0 Å². The van der Waals surface area contributed by atoms with Crippen molar-refractivity contribution in [3.05, 3.63) is 65.2 Å². The van der Waals surface area contributed by atoms with Crippen LogP contribution >= 0.6 is 0 Å². The first kappa shape index (κ1) is 17.6. The average Bonchev–Trinajstić information content (AvgIpc) is 2.64. The fourth-order valence-corrected chi connectivity index (χ4v) is 4.43. The number of amides is 1. The molecule has 0 bridgehead atoms. The fourth-order valence-electron chi connectivity index (χ4n) is 2.92. The molecule has 2 aromatic carbocycles. The van der Waals surface area contributed by atoms with E-state index in [9.17, 15) is 13.2 Å². The van der Waals surface area contributed by atoms with Crippen LogP contribution in [-0.4, -0.2) is 49.7 Å². The number of hydrogen-bond acceptors (Lipinski definition) is 3. The van der Waals surface area contributed by atoms with E-state index in [1.165, 1.54) is 4.31 Å². The molecule has 25 heavy (non-hydrogen) atoms. The highest BCUT2D eigenvalue weighted by Gasteiger charge is 2.30. The first-order chi connectivity index (χ1) is 11.9. The Labute approximate surface area is 148 Å². The highest BCUT2D eigenvalue weighted by molar-refractivity contribution is 7.89. The fraction of sp³-hybridized carbons (Fsp3) is 0.316. The molecule has 5 nitrogen and oxygen atoms in total. The zero-order chi connectivity index (χ0) is 18.0. The standard InChI is InChI=1S/C19H22N2O3S/c1-15-8-9-18(14-16(15)2)25(23,24)21-12-10-20(11-13-21)19(22)17-6-4-3-5-7-17/h3-9,14H,10-13H2,1-2H3. The third kappa shape index (κ3) is 3.60. The third-order valence-corrected chi connectivity index (χ3v) is 6.56. The molecular formula is C19H22N2O3S. The van der Waals surface area contributed by atoms with Crippen LogP contribution in [0.3, 0.4) is 0 Å². The number of aryl methyl sites for hydroxylation is 2. The van der Waals surface area contributed by atoms with E-state index in [2.05, 4.69) is 0 Å². The van der Waals surface area contributed by atoms with Crippen molar-refractivity contribution in [1.29, 1.82) is 0 Å². The van der Waals surface area contributed by atoms with Crippen LogP contribution in [0.1, 0.15) is 21.5 Å². The first-order valence-corrected chi connectivity index (χ1v) is 9.75. The van der Waals surface area contributed by atoms with Crippen LogP contribution < -0.4 is 0 Å². The summed E-state index contributed by atoms with van der Waals surface area (Å²) >= 11 is 0. The van der Waals surface area contributed by atoms with E-state index in [1.54, 1.807) is 29.2 Å². The van der Waals surface area contributed by atoms with Crippen molar-refractivity contribution in [3.8, 4) is 0 Å². The van der Waals surface area contributed by atoms with E-state index in [0.29, 0.717) is 36.6 Å². The number of nitrogens with zero attached hydrogens (tertiary/aromatic N) is 2. The molecule has 0 unspecified atom stereocenters. The van der Waals surface area contributed by atoms with Gasteiger partial charge in [-0.15, -0.1) is 0 Å². The summed E-state index contributed by atoms with van der Waals surface area (Å²) in [5, 5.41) is 0. The SMILES string of the molecule is Cc1ccc(S(=O)(=O)N2CCN(C(=O)c3ccccc3)CC2)cc1C. The number of rotatable bonds is 3.